The molecule has 0 fully saturated rings. The van der Waals surface area contributed by atoms with E-state index in [4.69, 9.17) is 8.42 Å². The Balaban J connectivity index is 0.000000378. The van der Waals surface area contributed by atoms with Crippen LogP contribution in [-0.4, -0.2) is 48.2 Å². The van der Waals surface area contributed by atoms with Crippen molar-refractivity contribution in [3.05, 3.63) is 56.2 Å². The molecule has 0 bridgehead atoms. The predicted molar refractivity (Wildman–Crippen MR) is 88.4 cm³/mol. The van der Waals surface area contributed by atoms with Gasteiger partial charge in [-0.2, -0.15) is 25.3 Å². The van der Waals surface area contributed by atoms with Crippen molar-refractivity contribution in [2.24, 2.45) is 7.05 Å². The minimum Gasteiger partial charge on any atom is -0.351 e. The standard InChI is InChI=1S/C4H6FN2O2S.C3H3FN2O2S.C3H4N2.F2O2S/c1-6-2-3-7(4-6)10(5,8)9;4-9(7,8)6-2-1-5-3-6;1-2-5-3-4-1;1-5(2,3)4/h2-4H,1H3;1-3H;1-3H,(H,4,5);/q+1;;;. The molecule has 0 saturated heterocycles. The van der Waals surface area contributed by atoms with Crippen LogP contribution in [0.2, 0.25) is 0 Å². The number of rotatable bonds is 2. The summed E-state index contributed by atoms with van der Waals surface area (Å²) in [5, 5.41) is 0. The summed E-state index contributed by atoms with van der Waals surface area (Å²) in [6.07, 6.45) is 11.8. The number of halogens is 4. The van der Waals surface area contributed by atoms with Gasteiger partial charge >= 0.3 is 31.4 Å². The van der Waals surface area contributed by atoms with Crippen molar-refractivity contribution in [2.45, 2.75) is 0 Å². The van der Waals surface area contributed by atoms with Crippen molar-refractivity contribution in [3.63, 3.8) is 0 Å². The van der Waals surface area contributed by atoms with Gasteiger partial charge in [-0.1, -0.05) is 19.5 Å². The van der Waals surface area contributed by atoms with E-state index >= 15 is 0 Å². The van der Waals surface area contributed by atoms with E-state index in [1.807, 2.05) is 0 Å². The van der Waals surface area contributed by atoms with E-state index in [1.54, 1.807) is 25.8 Å². The fourth-order valence-corrected chi connectivity index (χ4v) is 1.98. The van der Waals surface area contributed by atoms with Gasteiger partial charge in [-0.05, 0) is 0 Å². The lowest BCUT2D eigenvalue weighted by Crippen LogP contribution is -2.24. The lowest BCUT2D eigenvalue weighted by atomic mass is 10.9. The summed E-state index contributed by atoms with van der Waals surface area (Å²) in [4.78, 5) is 9.75. The smallest absolute Gasteiger partial charge is 0.351 e. The van der Waals surface area contributed by atoms with Crippen LogP contribution in [0.15, 0.2) is 56.2 Å². The molecule has 0 radical (unpaired) electrons. The first kappa shape index (κ1) is 26.2. The quantitative estimate of drug-likeness (QED) is 0.299. The molecule has 3 rings (SSSR count). The number of aryl methyl sites for hydroxylation is 1. The molecule has 0 aliphatic heterocycles. The minimum atomic E-state index is -5.67. The van der Waals surface area contributed by atoms with Crippen LogP contribution in [0, 0.1) is 0 Å². The highest BCUT2D eigenvalue weighted by atomic mass is 32.3. The third kappa shape index (κ3) is 14.9. The van der Waals surface area contributed by atoms with Crippen LogP contribution in [0.4, 0.5) is 15.5 Å². The number of hydrogen-bond acceptors (Lipinski definition) is 8. The third-order valence-corrected chi connectivity index (χ3v) is 3.57. The van der Waals surface area contributed by atoms with Gasteiger partial charge < -0.3 is 4.98 Å². The fraction of sp³-hybridized carbons (Fsp3) is 0.100. The van der Waals surface area contributed by atoms with Gasteiger partial charge in [0.05, 0.1) is 13.4 Å². The van der Waals surface area contributed by atoms with E-state index in [0.717, 1.165) is 25.0 Å². The van der Waals surface area contributed by atoms with E-state index in [9.17, 15) is 32.4 Å². The predicted octanol–water partition coefficient (Wildman–Crippen LogP) is -0.0996. The van der Waals surface area contributed by atoms with Gasteiger partial charge in [-0.25, -0.2) is 18.5 Å². The Morgan fingerprint density at radius 2 is 1.41 bits per heavy atom. The van der Waals surface area contributed by atoms with Crippen LogP contribution in [0.5, 0.6) is 0 Å². The van der Waals surface area contributed by atoms with E-state index in [2.05, 4.69) is 15.0 Å². The Morgan fingerprint density at radius 3 is 1.59 bits per heavy atom. The zero-order valence-electron chi connectivity index (χ0n) is 14.1. The van der Waals surface area contributed by atoms with Gasteiger partial charge in [-0.3, -0.25) is 0 Å². The van der Waals surface area contributed by atoms with Crippen molar-refractivity contribution in [3.8, 4) is 0 Å². The molecule has 0 unspecified atom stereocenters. The van der Waals surface area contributed by atoms with E-state index in [1.165, 1.54) is 17.0 Å². The SMILES string of the molecule is C[n+]1ccn(S(=O)(=O)F)c1.O=S(=O)(F)F.O=S(=O)(F)n1ccnc1.c1c[nH]cn1. The van der Waals surface area contributed by atoms with Crippen molar-refractivity contribution in [1.29, 1.82) is 0 Å². The summed E-state index contributed by atoms with van der Waals surface area (Å²) in [7, 11) is -13.3. The molecule has 29 heavy (non-hydrogen) atoms. The molecule has 3 heterocycles. The Hall–Kier alpha value is -2.80. The number of imidazole rings is 3. The largest absolute Gasteiger partial charge is 0.480 e. The van der Waals surface area contributed by atoms with Crippen molar-refractivity contribution >= 4 is 31.4 Å². The minimum absolute atomic E-state index is 0.382. The molecule has 1 N–H and O–H groups in total. The number of aromatic amines is 1. The number of hydrogen-bond donors (Lipinski definition) is 1. The normalized spacial score (nSPS) is 11.1. The number of nitrogens with one attached hydrogen (secondary N) is 1. The Bertz CT molecular complexity index is 1120. The van der Waals surface area contributed by atoms with Gasteiger partial charge in [0.2, 0.25) is 0 Å². The van der Waals surface area contributed by atoms with E-state index in [0.29, 0.717) is 7.94 Å². The van der Waals surface area contributed by atoms with Crippen LogP contribution in [0.1, 0.15) is 0 Å². The molecule has 0 aliphatic carbocycles. The molecule has 3 aromatic heterocycles. The van der Waals surface area contributed by atoms with Crippen LogP contribution in [-0.2, 0) is 38.5 Å². The highest BCUT2D eigenvalue weighted by Crippen LogP contribution is 1.95. The molecule has 3 aromatic rings. The second kappa shape index (κ2) is 11.3. The highest BCUT2D eigenvalue weighted by molar-refractivity contribution is 7.85. The molecule has 0 aliphatic rings. The molecule has 164 valence electrons. The molecule has 0 spiro atoms. The second-order valence-electron chi connectivity index (χ2n) is 4.32. The van der Waals surface area contributed by atoms with Crippen LogP contribution in [0.25, 0.3) is 0 Å². The van der Waals surface area contributed by atoms with Gasteiger partial charge in [0.25, 0.3) is 6.33 Å². The van der Waals surface area contributed by atoms with E-state index in [-0.39, 0.29) is 0 Å². The maximum atomic E-state index is 12.1. The van der Waals surface area contributed by atoms with Crippen LogP contribution < -0.4 is 4.57 Å². The second-order valence-corrected chi connectivity index (χ2v) is 7.57. The summed E-state index contributed by atoms with van der Waals surface area (Å²) in [5.41, 5.74) is 0. The van der Waals surface area contributed by atoms with Gasteiger partial charge in [0.1, 0.15) is 18.7 Å². The molecule has 0 atom stereocenters. The maximum absolute atomic E-state index is 12.1. The summed E-state index contributed by atoms with van der Waals surface area (Å²) < 4.78 is 103. The first-order chi connectivity index (χ1) is 13.1. The van der Waals surface area contributed by atoms with Gasteiger partial charge in [-0.15, -0.1) is 0 Å². The molecule has 0 saturated carbocycles. The average Bonchev–Trinajstić information content (AvgIpc) is 3.29. The van der Waals surface area contributed by atoms with E-state index < -0.39 is 31.4 Å². The molecule has 19 heteroatoms. The third-order valence-electron chi connectivity index (χ3n) is 2.13. The number of aromatic nitrogens is 6. The van der Waals surface area contributed by atoms with Gasteiger partial charge in [0, 0.05) is 24.8 Å². The first-order valence-electron chi connectivity index (χ1n) is 6.59. The molecule has 0 aromatic carbocycles. The first-order valence-corrected chi connectivity index (χ1v) is 10.6. The fourth-order valence-electron chi connectivity index (χ4n) is 1.15. The van der Waals surface area contributed by atoms with Crippen LogP contribution >= 0.6 is 0 Å². The number of H-pyrrole nitrogens is 1. The van der Waals surface area contributed by atoms with Gasteiger partial charge in [0.15, 0.2) is 0 Å². The molecular weight excluding hydrogens is 472 g/mol. The maximum Gasteiger partial charge on any atom is 0.480 e. The van der Waals surface area contributed by atoms with Crippen molar-refractivity contribution in [1.82, 2.24) is 22.9 Å². The lowest BCUT2D eigenvalue weighted by molar-refractivity contribution is -0.670. The average molecular weight is 485 g/mol. The molecular formula is C10H13F4N6O6S3+. The topological polar surface area (TPSA) is 158 Å². The summed E-state index contributed by atoms with van der Waals surface area (Å²) in [6, 6.07) is 0. The zero-order valence-corrected chi connectivity index (χ0v) is 16.6. The number of nitrogens with zero attached hydrogens (tertiary/aromatic N) is 5. The van der Waals surface area contributed by atoms with Crippen LogP contribution in [0.3, 0.4) is 0 Å². The zero-order chi connectivity index (χ0) is 22.7. The monoisotopic (exact) mass is 485 g/mol. The molecule has 0 amide bonds. The summed E-state index contributed by atoms with van der Waals surface area (Å²) >= 11 is 0. The Morgan fingerprint density at radius 1 is 0.862 bits per heavy atom. The lowest BCUT2D eigenvalue weighted by Gasteiger charge is -1.87. The Kier molecular flexibility index (Phi) is 10.2. The summed E-state index contributed by atoms with van der Waals surface area (Å²) in [5.74, 6) is 0. The Labute approximate surface area is 163 Å². The molecule has 12 nitrogen and oxygen atoms in total. The highest BCUT2D eigenvalue weighted by Gasteiger charge is 2.16. The summed E-state index contributed by atoms with van der Waals surface area (Å²) in [6.45, 7) is 0. The van der Waals surface area contributed by atoms with Crippen molar-refractivity contribution in [2.75, 3.05) is 0 Å². The van der Waals surface area contributed by atoms with Crippen molar-refractivity contribution < 1.29 is 45.4 Å².